The highest BCUT2D eigenvalue weighted by Crippen LogP contribution is 2.20. The van der Waals surface area contributed by atoms with E-state index < -0.39 is 0 Å². The van der Waals surface area contributed by atoms with Gasteiger partial charge in [0.25, 0.3) is 0 Å². The smallest absolute Gasteiger partial charge is 0.123 e. The lowest BCUT2D eigenvalue weighted by atomic mass is 10.2. The van der Waals surface area contributed by atoms with E-state index in [2.05, 4.69) is 4.98 Å². The largest absolute Gasteiger partial charge is 0.496 e. The monoisotopic (exact) mass is 188 g/mol. The molecule has 0 fully saturated rings. The van der Waals surface area contributed by atoms with Crippen molar-refractivity contribution in [1.29, 1.82) is 0 Å². The fraction of sp³-hybridized carbons (Fsp3) is 0.182. The van der Waals surface area contributed by atoms with E-state index in [1.54, 1.807) is 19.6 Å². The van der Waals surface area contributed by atoms with E-state index in [1.807, 2.05) is 35.9 Å². The predicted octanol–water partition coefficient (Wildman–Crippen LogP) is 2.19. The summed E-state index contributed by atoms with van der Waals surface area (Å²) < 4.78 is 7.20. The first-order valence-corrected chi connectivity index (χ1v) is 4.44. The molecule has 1 aromatic heterocycles. The average molecular weight is 188 g/mol. The molecule has 0 spiro atoms. The van der Waals surface area contributed by atoms with Gasteiger partial charge in [-0.25, -0.2) is 4.98 Å². The first kappa shape index (κ1) is 8.81. The van der Waals surface area contributed by atoms with Gasteiger partial charge in [0.05, 0.1) is 19.1 Å². The summed E-state index contributed by atoms with van der Waals surface area (Å²) in [6.45, 7) is 2.02. The van der Waals surface area contributed by atoms with Gasteiger partial charge in [0.2, 0.25) is 0 Å². The Hall–Kier alpha value is -1.77. The second-order valence-electron chi connectivity index (χ2n) is 3.12. The molecule has 14 heavy (non-hydrogen) atoms. The standard InChI is InChI=1S/C11H12N2O/c1-9-3-4-10(7-11(9)14-2)13-6-5-12-8-13/h3-8H,1-2H3. The lowest BCUT2D eigenvalue weighted by molar-refractivity contribution is 0.411. The van der Waals surface area contributed by atoms with E-state index in [4.69, 9.17) is 4.74 Å². The Kier molecular flexibility index (Phi) is 2.23. The summed E-state index contributed by atoms with van der Waals surface area (Å²) in [6.07, 6.45) is 5.43. The van der Waals surface area contributed by atoms with Crippen LogP contribution in [0.25, 0.3) is 5.69 Å². The third-order valence-corrected chi connectivity index (χ3v) is 2.19. The normalized spacial score (nSPS) is 10.1. The van der Waals surface area contributed by atoms with E-state index in [1.165, 1.54) is 0 Å². The van der Waals surface area contributed by atoms with Crippen LogP contribution < -0.4 is 4.74 Å². The third-order valence-electron chi connectivity index (χ3n) is 2.19. The molecule has 3 heteroatoms. The molecule has 72 valence electrons. The minimum atomic E-state index is 0.899. The van der Waals surface area contributed by atoms with Gasteiger partial charge in [-0.2, -0.15) is 0 Å². The molecule has 0 aliphatic heterocycles. The first-order valence-electron chi connectivity index (χ1n) is 4.44. The molecular weight excluding hydrogens is 176 g/mol. The van der Waals surface area contributed by atoms with Crippen LogP contribution in [0.2, 0.25) is 0 Å². The number of benzene rings is 1. The summed E-state index contributed by atoms with van der Waals surface area (Å²) in [5, 5.41) is 0. The van der Waals surface area contributed by atoms with Crippen LogP contribution in [0.5, 0.6) is 5.75 Å². The minimum absolute atomic E-state index is 0.899. The quantitative estimate of drug-likeness (QED) is 0.722. The summed E-state index contributed by atoms with van der Waals surface area (Å²) in [6, 6.07) is 6.07. The number of imidazole rings is 1. The summed E-state index contributed by atoms with van der Waals surface area (Å²) >= 11 is 0. The lowest BCUT2D eigenvalue weighted by Crippen LogP contribution is -1.93. The summed E-state index contributed by atoms with van der Waals surface area (Å²) in [4.78, 5) is 4.00. The molecule has 0 amide bonds. The molecule has 0 radical (unpaired) electrons. The Morgan fingerprint density at radius 1 is 1.36 bits per heavy atom. The molecule has 3 nitrogen and oxygen atoms in total. The van der Waals surface area contributed by atoms with Gasteiger partial charge >= 0.3 is 0 Å². The van der Waals surface area contributed by atoms with E-state index in [0.717, 1.165) is 17.0 Å². The molecule has 2 aromatic rings. The Morgan fingerprint density at radius 2 is 2.21 bits per heavy atom. The van der Waals surface area contributed by atoms with Crippen LogP contribution in [0.1, 0.15) is 5.56 Å². The summed E-state index contributed by atoms with van der Waals surface area (Å²) in [5.74, 6) is 0.899. The Morgan fingerprint density at radius 3 is 2.86 bits per heavy atom. The molecule has 1 heterocycles. The van der Waals surface area contributed by atoms with E-state index in [9.17, 15) is 0 Å². The van der Waals surface area contributed by atoms with Gasteiger partial charge in [-0.05, 0) is 18.6 Å². The van der Waals surface area contributed by atoms with Crippen molar-refractivity contribution in [2.45, 2.75) is 6.92 Å². The molecule has 0 unspecified atom stereocenters. The van der Waals surface area contributed by atoms with Crippen LogP contribution in [0.4, 0.5) is 0 Å². The summed E-state index contributed by atoms with van der Waals surface area (Å²) in [7, 11) is 1.68. The highest BCUT2D eigenvalue weighted by molar-refractivity contribution is 5.44. The van der Waals surface area contributed by atoms with Crippen molar-refractivity contribution in [3.05, 3.63) is 42.5 Å². The number of aromatic nitrogens is 2. The first-order chi connectivity index (χ1) is 6.81. The Bertz CT molecular complexity index is 421. The fourth-order valence-corrected chi connectivity index (χ4v) is 1.38. The van der Waals surface area contributed by atoms with Crippen molar-refractivity contribution in [3.63, 3.8) is 0 Å². The molecule has 0 bridgehead atoms. The van der Waals surface area contributed by atoms with Gasteiger partial charge in [0.1, 0.15) is 5.75 Å². The van der Waals surface area contributed by atoms with Gasteiger partial charge in [-0.3, -0.25) is 0 Å². The Balaban J connectivity index is 2.46. The number of hydrogen-bond donors (Lipinski definition) is 0. The number of nitrogens with zero attached hydrogens (tertiary/aromatic N) is 2. The zero-order chi connectivity index (χ0) is 9.97. The molecule has 0 saturated heterocycles. The lowest BCUT2D eigenvalue weighted by Gasteiger charge is -2.07. The second-order valence-corrected chi connectivity index (χ2v) is 3.12. The van der Waals surface area contributed by atoms with Crippen molar-refractivity contribution in [2.75, 3.05) is 7.11 Å². The van der Waals surface area contributed by atoms with Crippen molar-refractivity contribution in [3.8, 4) is 11.4 Å². The molecule has 0 saturated carbocycles. The number of ether oxygens (including phenoxy) is 1. The van der Waals surface area contributed by atoms with Gasteiger partial charge in [0, 0.05) is 18.5 Å². The van der Waals surface area contributed by atoms with Crippen molar-refractivity contribution in [1.82, 2.24) is 9.55 Å². The minimum Gasteiger partial charge on any atom is -0.496 e. The van der Waals surface area contributed by atoms with Crippen LogP contribution >= 0.6 is 0 Å². The SMILES string of the molecule is COc1cc(-n2ccnc2)ccc1C. The highest BCUT2D eigenvalue weighted by Gasteiger charge is 2.00. The molecule has 0 atom stereocenters. The maximum Gasteiger partial charge on any atom is 0.123 e. The zero-order valence-corrected chi connectivity index (χ0v) is 8.27. The fourth-order valence-electron chi connectivity index (χ4n) is 1.38. The molecule has 2 rings (SSSR count). The molecule has 0 aliphatic rings. The topological polar surface area (TPSA) is 27.1 Å². The average Bonchev–Trinajstić information content (AvgIpc) is 2.71. The van der Waals surface area contributed by atoms with Crippen LogP contribution in [0.3, 0.4) is 0 Å². The van der Waals surface area contributed by atoms with E-state index >= 15 is 0 Å². The van der Waals surface area contributed by atoms with Crippen molar-refractivity contribution in [2.24, 2.45) is 0 Å². The van der Waals surface area contributed by atoms with Gasteiger partial charge < -0.3 is 9.30 Å². The zero-order valence-electron chi connectivity index (χ0n) is 8.27. The van der Waals surface area contributed by atoms with Crippen LogP contribution in [-0.2, 0) is 0 Å². The number of hydrogen-bond acceptors (Lipinski definition) is 2. The van der Waals surface area contributed by atoms with Crippen LogP contribution in [-0.4, -0.2) is 16.7 Å². The van der Waals surface area contributed by atoms with Gasteiger partial charge in [0.15, 0.2) is 0 Å². The highest BCUT2D eigenvalue weighted by atomic mass is 16.5. The molecular formula is C11H12N2O. The predicted molar refractivity (Wildman–Crippen MR) is 54.9 cm³/mol. The number of rotatable bonds is 2. The number of methoxy groups -OCH3 is 1. The maximum absolute atomic E-state index is 5.25. The van der Waals surface area contributed by atoms with E-state index in [-0.39, 0.29) is 0 Å². The van der Waals surface area contributed by atoms with Crippen LogP contribution in [0.15, 0.2) is 36.9 Å². The molecule has 1 aromatic carbocycles. The molecule has 0 aliphatic carbocycles. The third kappa shape index (κ3) is 1.48. The second kappa shape index (κ2) is 3.54. The maximum atomic E-state index is 5.25. The van der Waals surface area contributed by atoms with Crippen molar-refractivity contribution < 1.29 is 4.74 Å². The van der Waals surface area contributed by atoms with Crippen LogP contribution in [0, 0.1) is 6.92 Å². The Labute approximate surface area is 83.0 Å². The molecule has 0 N–H and O–H groups in total. The van der Waals surface area contributed by atoms with Crippen molar-refractivity contribution >= 4 is 0 Å². The number of aryl methyl sites for hydroxylation is 1. The van der Waals surface area contributed by atoms with E-state index in [0.29, 0.717) is 0 Å². The summed E-state index contributed by atoms with van der Waals surface area (Å²) in [5.41, 5.74) is 2.20. The van der Waals surface area contributed by atoms with Gasteiger partial charge in [-0.1, -0.05) is 6.07 Å². The van der Waals surface area contributed by atoms with Gasteiger partial charge in [-0.15, -0.1) is 0 Å².